The molecule has 0 fully saturated rings. The Morgan fingerprint density at radius 1 is 1.04 bits per heavy atom. The molecule has 0 atom stereocenters. The molecule has 0 unspecified atom stereocenters. The second-order valence-corrected chi connectivity index (χ2v) is 7.69. The molecule has 0 aliphatic rings. The molecule has 0 aliphatic carbocycles. The van der Waals surface area contributed by atoms with Crippen molar-refractivity contribution in [2.75, 3.05) is 6.54 Å². The summed E-state index contributed by atoms with van der Waals surface area (Å²) in [4.78, 5) is 4.07. The predicted molar refractivity (Wildman–Crippen MR) is 116 cm³/mol. The highest BCUT2D eigenvalue weighted by atomic mass is 35.5. The van der Waals surface area contributed by atoms with Crippen molar-refractivity contribution in [1.29, 1.82) is 0 Å². The number of halogens is 2. The molecule has 2 aromatic carbocycles. The van der Waals surface area contributed by atoms with Gasteiger partial charge < -0.3 is 14.5 Å². The van der Waals surface area contributed by atoms with Crippen molar-refractivity contribution in [3.8, 4) is 0 Å². The Balaban J connectivity index is 1.44. The molecule has 0 spiro atoms. The fourth-order valence-electron chi connectivity index (χ4n) is 3.46. The number of benzene rings is 2. The smallest absolute Gasteiger partial charge is 0.0945 e. The van der Waals surface area contributed by atoms with Crippen LogP contribution >= 0.6 is 23.2 Å². The van der Waals surface area contributed by atoms with E-state index in [9.17, 15) is 0 Å². The minimum absolute atomic E-state index is 0.586. The molecule has 4 aromatic rings. The van der Waals surface area contributed by atoms with E-state index < -0.39 is 0 Å². The fourth-order valence-corrected chi connectivity index (χ4v) is 3.78. The summed E-state index contributed by atoms with van der Waals surface area (Å²) in [5, 5.41) is 6.03. The van der Waals surface area contributed by atoms with E-state index in [0.717, 1.165) is 38.2 Å². The standard InChI is InChI=1S/C22H22Cl2N4/c23-20-7-6-17(12-21(20)24)14-28-15-18(19-4-1-2-5-22(19)28)13-25-8-3-10-27-11-9-26-16-27/h1-2,4-7,9,11-12,15-16,25H,3,8,10,13-14H2. The third kappa shape index (κ3) is 4.41. The van der Waals surface area contributed by atoms with Crippen LogP contribution in [0.1, 0.15) is 17.5 Å². The van der Waals surface area contributed by atoms with Gasteiger partial charge in [-0.25, -0.2) is 4.98 Å². The average molecular weight is 413 g/mol. The van der Waals surface area contributed by atoms with Crippen LogP contribution in [0.2, 0.25) is 10.0 Å². The fraction of sp³-hybridized carbons (Fsp3) is 0.227. The van der Waals surface area contributed by atoms with Crippen molar-refractivity contribution in [1.82, 2.24) is 19.4 Å². The Morgan fingerprint density at radius 3 is 2.75 bits per heavy atom. The number of nitrogens with zero attached hydrogens (tertiary/aromatic N) is 3. The summed E-state index contributed by atoms with van der Waals surface area (Å²) in [6.45, 7) is 3.55. The Labute approximate surface area is 174 Å². The molecule has 0 amide bonds. The molecule has 28 heavy (non-hydrogen) atoms. The number of hydrogen-bond acceptors (Lipinski definition) is 2. The quantitative estimate of drug-likeness (QED) is 0.394. The Morgan fingerprint density at radius 2 is 1.93 bits per heavy atom. The first kappa shape index (κ1) is 19.1. The zero-order chi connectivity index (χ0) is 19.3. The summed E-state index contributed by atoms with van der Waals surface area (Å²) < 4.78 is 4.38. The lowest BCUT2D eigenvalue weighted by Gasteiger charge is -2.07. The molecule has 4 rings (SSSR count). The number of hydrogen-bond donors (Lipinski definition) is 1. The molecule has 0 aliphatic heterocycles. The highest BCUT2D eigenvalue weighted by Crippen LogP contribution is 2.26. The predicted octanol–water partition coefficient (Wildman–Crippen LogP) is 5.37. The number of nitrogens with one attached hydrogen (secondary N) is 1. The monoisotopic (exact) mass is 412 g/mol. The van der Waals surface area contributed by atoms with Crippen molar-refractivity contribution in [3.63, 3.8) is 0 Å². The molecule has 2 heterocycles. The number of para-hydroxylation sites is 1. The summed E-state index contributed by atoms with van der Waals surface area (Å²) >= 11 is 12.2. The van der Waals surface area contributed by atoms with E-state index in [1.165, 1.54) is 16.5 Å². The van der Waals surface area contributed by atoms with Crippen LogP contribution in [0.4, 0.5) is 0 Å². The van der Waals surface area contributed by atoms with Gasteiger partial charge in [-0.2, -0.15) is 0 Å². The molecular formula is C22H22Cl2N4. The molecule has 0 bridgehead atoms. The Kier molecular flexibility index (Phi) is 6.01. The van der Waals surface area contributed by atoms with Crippen LogP contribution in [0.3, 0.4) is 0 Å². The molecule has 144 valence electrons. The van der Waals surface area contributed by atoms with Gasteiger partial charge in [0, 0.05) is 49.1 Å². The van der Waals surface area contributed by atoms with Gasteiger partial charge in [0.25, 0.3) is 0 Å². The van der Waals surface area contributed by atoms with Crippen LogP contribution in [0, 0.1) is 0 Å². The summed E-state index contributed by atoms with van der Waals surface area (Å²) in [5.41, 5.74) is 3.66. The molecule has 6 heteroatoms. The van der Waals surface area contributed by atoms with Gasteiger partial charge in [-0.05, 0) is 42.3 Å². The maximum Gasteiger partial charge on any atom is 0.0945 e. The van der Waals surface area contributed by atoms with Gasteiger partial charge in [-0.15, -0.1) is 0 Å². The minimum atomic E-state index is 0.586. The van der Waals surface area contributed by atoms with Crippen molar-refractivity contribution >= 4 is 34.1 Å². The van der Waals surface area contributed by atoms with Crippen LogP contribution in [-0.2, 0) is 19.6 Å². The van der Waals surface area contributed by atoms with Crippen molar-refractivity contribution in [2.45, 2.75) is 26.1 Å². The zero-order valence-electron chi connectivity index (χ0n) is 15.5. The molecule has 0 saturated heterocycles. The summed E-state index contributed by atoms with van der Waals surface area (Å²) in [6, 6.07) is 14.3. The average Bonchev–Trinajstić information content (AvgIpc) is 3.33. The van der Waals surface area contributed by atoms with Gasteiger partial charge in [-0.3, -0.25) is 0 Å². The van der Waals surface area contributed by atoms with Crippen LogP contribution in [0.15, 0.2) is 67.4 Å². The number of aryl methyl sites for hydroxylation is 1. The highest BCUT2D eigenvalue weighted by molar-refractivity contribution is 6.42. The lowest BCUT2D eigenvalue weighted by atomic mass is 10.2. The van der Waals surface area contributed by atoms with Crippen LogP contribution in [0.25, 0.3) is 10.9 Å². The molecule has 2 aromatic heterocycles. The second-order valence-electron chi connectivity index (χ2n) is 6.88. The van der Waals surface area contributed by atoms with Crippen molar-refractivity contribution in [2.24, 2.45) is 0 Å². The first-order chi connectivity index (χ1) is 13.7. The molecular weight excluding hydrogens is 391 g/mol. The van der Waals surface area contributed by atoms with E-state index in [2.05, 4.69) is 49.9 Å². The molecule has 0 saturated carbocycles. The normalized spacial score (nSPS) is 11.4. The summed E-state index contributed by atoms with van der Waals surface area (Å²) in [6.07, 6.45) is 8.97. The van der Waals surface area contributed by atoms with Crippen molar-refractivity contribution in [3.05, 3.63) is 88.6 Å². The van der Waals surface area contributed by atoms with Gasteiger partial charge in [-0.1, -0.05) is 47.5 Å². The Hall–Kier alpha value is -2.27. The lowest BCUT2D eigenvalue weighted by Crippen LogP contribution is -2.16. The number of aromatic nitrogens is 3. The highest BCUT2D eigenvalue weighted by Gasteiger charge is 2.09. The van der Waals surface area contributed by atoms with Crippen molar-refractivity contribution < 1.29 is 0 Å². The van der Waals surface area contributed by atoms with Crippen LogP contribution < -0.4 is 5.32 Å². The largest absolute Gasteiger partial charge is 0.343 e. The molecule has 1 N–H and O–H groups in total. The lowest BCUT2D eigenvalue weighted by molar-refractivity contribution is 0.581. The maximum atomic E-state index is 6.18. The van der Waals surface area contributed by atoms with Gasteiger partial charge >= 0.3 is 0 Å². The maximum absolute atomic E-state index is 6.18. The second kappa shape index (κ2) is 8.82. The summed E-state index contributed by atoms with van der Waals surface area (Å²) in [7, 11) is 0. The summed E-state index contributed by atoms with van der Waals surface area (Å²) in [5.74, 6) is 0. The van der Waals surface area contributed by atoms with E-state index in [0.29, 0.717) is 10.0 Å². The van der Waals surface area contributed by atoms with Gasteiger partial charge in [0.15, 0.2) is 0 Å². The van der Waals surface area contributed by atoms with E-state index >= 15 is 0 Å². The van der Waals surface area contributed by atoms with E-state index in [4.69, 9.17) is 23.2 Å². The SMILES string of the molecule is Clc1ccc(Cn2cc(CNCCCn3ccnc3)c3ccccc32)cc1Cl. The van der Waals surface area contributed by atoms with E-state index in [1.807, 2.05) is 36.9 Å². The third-order valence-corrected chi connectivity index (χ3v) is 5.59. The topological polar surface area (TPSA) is 34.8 Å². The van der Waals surface area contributed by atoms with E-state index in [1.54, 1.807) is 0 Å². The van der Waals surface area contributed by atoms with Gasteiger partial charge in [0.1, 0.15) is 0 Å². The first-order valence-corrected chi connectivity index (χ1v) is 10.1. The Bertz CT molecular complexity index is 1050. The molecule has 4 nitrogen and oxygen atoms in total. The number of fused-ring (bicyclic) bond motifs is 1. The van der Waals surface area contributed by atoms with Gasteiger partial charge in [0.2, 0.25) is 0 Å². The third-order valence-electron chi connectivity index (χ3n) is 4.85. The van der Waals surface area contributed by atoms with Crippen LogP contribution in [0.5, 0.6) is 0 Å². The van der Waals surface area contributed by atoms with Gasteiger partial charge in [0.05, 0.1) is 16.4 Å². The number of rotatable bonds is 8. The zero-order valence-corrected chi connectivity index (χ0v) is 17.0. The number of imidazole rings is 1. The molecule has 0 radical (unpaired) electrons. The first-order valence-electron chi connectivity index (χ1n) is 9.38. The minimum Gasteiger partial charge on any atom is -0.343 e. The van der Waals surface area contributed by atoms with E-state index in [-0.39, 0.29) is 0 Å². The van der Waals surface area contributed by atoms with Crippen LogP contribution in [-0.4, -0.2) is 20.7 Å².